The summed E-state index contributed by atoms with van der Waals surface area (Å²) in [7, 11) is 0. The molecule has 0 aliphatic carbocycles. The van der Waals surface area contributed by atoms with E-state index in [0.717, 1.165) is 33.5 Å². The van der Waals surface area contributed by atoms with Crippen LogP contribution in [0.1, 0.15) is 0 Å². The van der Waals surface area contributed by atoms with Crippen molar-refractivity contribution < 1.29 is 0 Å². The Morgan fingerprint density at radius 1 is 0.302 bits per heavy atom. The van der Waals surface area contributed by atoms with Gasteiger partial charge in [-0.05, 0) is 69.4 Å². The maximum absolute atomic E-state index is 5.14. The second kappa shape index (κ2) is 12.9. The molecule has 0 aliphatic heterocycles. The topological polar surface area (TPSA) is 30.7 Å². The van der Waals surface area contributed by atoms with Crippen LogP contribution in [-0.4, -0.2) is 14.5 Å². The summed E-state index contributed by atoms with van der Waals surface area (Å²) in [5, 5.41) is 4.86. The minimum absolute atomic E-state index is 0.716. The van der Waals surface area contributed by atoms with Crippen molar-refractivity contribution >= 4 is 32.6 Å². The largest absolute Gasteiger partial charge is 0.309 e. The zero-order valence-electron chi connectivity index (χ0n) is 28.9. The molecule has 10 aromatic rings. The van der Waals surface area contributed by atoms with Crippen LogP contribution in [0, 0.1) is 0 Å². The monoisotopic (exact) mass is 675 g/mol. The first-order valence-corrected chi connectivity index (χ1v) is 18.0. The lowest BCUT2D eigenvalue weighted by molar-refractivity contribution is 1.18. The van der Waals surface area contributed by atoms with Crippen molar-refractivity contribution in [3.8, 4) is 61.8 Å². The Morgan fingerprint density at radius 2 is 0.830 bits per heavy atom. The summed E-state index contributed by atoms with van der Waals surface area (Å²) in [5.41, 5.74) is 13.3. The highest BCUT2D eigenvalue weighted by atomic mass is 15.0. The molecule has 2 heterocycles. The number of benzene rings is 8. The van der Waals surface area contributed by atoms with Gasteiger partial charge in [-0.2, -0.15) is 0 Å². The number of hydrogen-bond donors (Lipinski definition) is 0. The minimum atomic E-state index is 0.716. The molecule has 10 rings (SSSR count). The van der Waals surface area contributed by atoms with Crippen molar-refractivity contribution in [1.29, 1.82) is 0 Å². The van der Waals surface area contributed by atoms with E-state index >= 15 is 0 Å². The first kappa shape index (κ1) is 30.7. The van der Waals surface area contributed by atoms with Crippen LogP contribution in [0.15, 0.2) is 200 Å². The molecule has 0 bridgehead atoms. The van der Waals surface area contributed by atoms with Crippen LogP contribution in [0.25, 0.3) is 94.4 Å². The van der Waals surface area contributed by atoms with Crippen LogP contribution in [0.5, 0.6) is 0 Å². The second-order valence-corrected chi connectivity index (χ2v) is 13.4. The van der Waals surface area contributed by atoms with E-state index in [9.17, 15) is 0 Å². The van der Waals surface area contributed by atoms with Gasteiger partial charge in [0, 0.05) is 33.2 Å². The van der Waals surface area contributed by atoms with E-state index in [1.165, 1.54) is 55.1 Å². The number of nitrogens with zero attached hydrogens (tertiary/aromatic N) is 3. The molecule has 0 aliphatic rings. The van der Waals surface area contributed by atoms with Gasteiger partial charge in [-0.1, -0.05) is 164 Å². The molecule has 0 atom stereocenters. The number of fused-ring (bicyclic) bond motifs is 4. The summed E-state index contributed by atoms with van der Waals surface area (Å²) in [6.45, 7) is 0. The molecule has 0 saturated carbocycles. The molecular weight excluding hydrogens is 643 g/mol. The van der Waals surface area contributed by atoms with Crippen LogP contribution in [0.4, 0.5) is 0 Å². The predicted octanol–water partition coefficient (Wildman–Crippen LogP) is 13.1. The zero-order chi connectivity index (χ0) is 35.1. The zero-order valence-corrected chi connectivity index (χ0v) is 28.9. The fourth-order valence-corrected chi connectivity index (χ4v) is 7.68. The van der Waals surface area contributed by atoms with Gasteiger partial charge in [0.05, 0.1) is 22.4 Å². The lowest BCUT2D eigenvalue weighted by Crippen LogP contribution is -1.96. The number of aromatic nitrogens is 3. The Kier molecular flexibility index (Phi) is 7.47. The van der Waals surface area contributed by atoms with Gasteiger partial charge in [0.1, 0.15) is 0 Å². The van der Waals surface area contributed by atoms with Gasteiger partial charge in [-0.15, -0.1) is 0 Å². The van der Waals surface area contributed by atoms with E-state index in [1.807, 2.05) is 24.3 Å². The molecule has 8 aromatic carbocycles. The van der Waals surface area contributed by atoms with E-state index in [0.29, 0.717) is 5.82 Å². The van der Waals surface area contributed by atoms with Gasteiger partial charge >= 0.3 is 0 Å². The molecule has 2 aromatic heterocycles. The Hall–Kier alpha value is -7.10. The lowest BCUT2D eigenvalue weighted by Gasteiger charge is -2.14. The van der Waals surface area contributed by atoms with Crippen molar-refractivity contribution in [2.24, 2.45) is 0 Å². The van der Waals surface area contributed by atoms with Gasteiger partial charge < -0.3 is 4.57 Å². The highest BCUT2D eigenvalue weighted by Crippen LogP contribution is 2.39. The van der Waals surface area contributed by atoms with E-state index in [4.69, 9.17) is 9.97 Å². The Labute approximate surface area is 308 Å². The quantitative estimate of drug-likeness (QED) is 0.176. The van der Waals surface area contributed by atoms with Crippen LogP contribution in [-0.2, 0) is 0 Å². The molecule has 0 amide bonds. The smallest absolute Gasteiger partial charge is 0.160 e. The summed E-state index contributed by atoms with van der Waals surface area (Å²) >= 11 is 0. The van der Waals surface area contributed by atoms with Crippen molar-refractivity contribution in [2.75, 3.05) is 0 Å². The van der Waals surface area contributed by atoms with Crippen LogP contribution in [0.3, 0.4) is 0 Å². The molecular formula is C50H33N3. The van der Waals surface area contributed by atoms with Gasteiger partial charge in [0.25, 0.3) is 0 Å². The van der Waals surface area contributed by atoms with Gasteiger partial charge in [0.2, 0.25) is 0 Å². The van der Waals surface area contributed by atoms with Crippen molar-refractivity contribution in [2.45, 2.75) is 0 Å². The maximum atomic E-state index is 5.14. The molecule has 0 unspecified atom stereocenters. The standard InChI is InChI=1S/C50H33N3/c1-4-14-36(15-5-1)46-33-47(52-50(51-46)37-16-6-2-7-17-37)43-30-29-40(41-20-10-11-21-42(41)43)35-26-24-34(25-27-35)38-28-31-49-45(32-38)44-22-12-13-23-48(44)53(49)39-18-8-3-9-19-39/h1-33H. The molecule has 3 nitrogen and oxygen atoms in total. The number of hydrogen-bond acceptors (Lipinski definition) is 2. The normalized spacial score (nSPS) is 11.4. The van der Waals surface area contributed by atoms with Crippen LogP contribution < -0.4 is 0 Å². The third-order valence-corrected chi connectivity index (χ3v) is 10.2. The molecule has 3 heteroatoms. The fourth-order valence-electron chi connectivity index (χ4n) is 7.68. The lowest BCUT2D eigenvalue weighted by atomic mass is 9.92. The molecule has 0 fully saturated rings. The van der Waals surface area contributed by atoms with Crippen LogP contribution >= 0.6 is 0 Å². The minimum Gasteiger partial charge on any atom is -0.309 e. The highest BCUT2D eigenvalue weighted by molar-refractivity contribution is 6.10. The van der Waals surface area contributed by atoms with Crippen molar-refractivity contribution in [1.82, 2.24) is 14.5 Å². The van der Waals surface area contributed by atoms with Crippen molar-refractivity contribution in [3.05, 3.63) is 200 Å². The fraction of sp³-hybridized carbons (Fsp3) is 0. The molecule has 0 radical (unpaired) electrons. The summed E-state index contributed by atoms with van der Waals surface area (Å²) in [4.78, 5) is 10.2. The molecule has 0 N–H and O–H groups in total. The second-order valence-electron chi connectivity index (χ2n) is 13.4. The SMILES string of the molecule is c1ccc(-c2cc(-c3ccc(-c4ccc(-c5ccc6c(c5)c5ccccc5n6-c5ccccc5)cc4)c4ccccc34)nc(-c3ccccc3)n2)cc1. The molecule has 0 spiro atoms. The summed E-state index contributed by atoms with van der Waals surface area (Å²) < 4.78 is 2.36. The van der Waals surface area contributed by atoms with E-state index in [1.54, 1.807) is 0 Å². The Morgan fingerprint density at radius 3 is 1.57 bits per heavy atom. The van der Waals surface area contributed by atoms with E-state index in [-0.39, 0.29) is 0 Å². The maximum Gasteiger partial charge on any atom is 0.160 e. The molecule has 53 heavy (non-hydrogen) atoms. The highest BCUT2D eigenvalue weighted by Gasteiger charge is 2.16. The van der Waals surface area contributed by atoms with Gasteiger partial charge in [-0.3, -0.25) is 0 Å². The molecule has 0 saturated heterocycles. The summed E-state index contributed by atoms with van der Waals surface area (Å²) in [6, 6.07) is 70.9. The summed E-state index contributed by atoms with van der Waals surface area (Å²) in [5.74, 6) is 0.716. The third kappa shape index (κ3) is 5.47. The van der Waals surface area contributed by atoms with E-state index < -0.39 is 0 Å². The van der Waals surface area contributed by atoms with Gasteiger partial charge in [0.15, 0.2) is 5.82 Å². The predicted molar refractivity (Wildman–Crippen MR) is 221 cm³/mol. The van der Waals surface area contributed by atoms with Crippen LogP contribution in [0.2, 0.25) is 0 Å². The first-order valence-electron chi connectivity index (χ1n) is 18.0. The Balaban J connectivity index is 1.05. The average molecular weight is 676 g/mol. The van der Waals surface area contributed by atoms with Crippen molar-refractivity contribution in [3.63, 3.8) is 0 Å². The summed E-state index contributed by atoms with van der Waals surface area (Å²) in [6.07, 6.45) is 0. The average Bonchev–Trinajstić information content (AvgIpc) is 3.58. The third-order valence-electron chi connectivity index (χ3n) is 10.2. The molecule has 248 valence electrons. The van der Waals surface area contributed by atoms with E-state index in [2.05, 4.69) is 180 Å². The first-order chi connectivity index (χ1) is 26.3. The Bertz CT molecular complexity index is 2850. The number of rotatable bonds is 6. The number of para-hydroxylation sites is 2. The van der Waals surface area contributed by atoms with Gasteiger partial charge in [-0.25, -0.2) is 9.97 Å².